The highest BCUT2D eigenvalue weighted by Crippen LogP contribution is 2.65. The summed E-state index contributed by atoms with van der Waals surface area (Å²) in [5.74, 6) is -2.61. The SMILES string of the molecule is CC[C@H](NC(=O)N[C@H](C(=O)N1C[C@H]2[C@@H]([C@H]1C(=O)NC(SCC1CC1)C(=O)C(N)=O)C2(C)C)C(C)(C)C)C(=O)OC(C)(C)C. The zero-order valence-corrected chi connectivity index (χ0v) is 27.7. The summed E-state index contributed by atoms with van der Waals surface area (Å²) >= 11 is 1.18. The number of amides is 5. The van der Waals surface area contributed by atoms with Crippen molar-refractivity contribution >= 4 is 47.3 Å². The minimum atomic E-state index is -1.13. The lowest BCUT2D eigenvalue weighted by atomic mass is 9.85. The Hall–Kier alpha value is -2.83. The Kier molecular flexibility index (Phi) is 10.2. The molecule has 5 N–H and O–H groups in total. The first-order chi connectivity index (χ1) is 19.7. The van der Waals surface area contributed by atoms with E-state index in [4.69, 9.17) is 10.5 Å². The number of fused-ring (bicyclic) bond motifs is 1. The van der Waals surface area contributed by atoms with Crippen LogP contribution in [0.25, 0.3) is 0 Å². The first-order valence-electron chi connectivity index (χ1n) is 15.0. The number of hydrogen-bond donors (Lipinski definition) is 4. The number of carbonyl (C=O) groups excluding carboxylic acids is 6. The summed E-state index contributed by atoms with van der Waals surface area (Å²) in [7, 11) is 0. The molecule has 2 saturated carbocycles. The van der Waals surface area contributed by atoms with E-state index in [0.717, 1.165) is 12.8 Å². The molecule has 12 nitrogen and oxygen atoms in total. The number of hydrogen-bond acceptors (Lipinski definition) is 8. The second-order valence-electron chi connectivity index (χ2n) is 14.7. The number of likely N-dealkylation sites (tertiary alicyclic amines) is 1. The Bertz CT molecular complexity index is 1140. The third-order valence-corrected chi connectivity index (χ3v) is 9.83. The summed E-state index contributed by atoms with van der Waals surface area (Å²) in [4.78, 5) is 79.4. The van der Waals surface area contributed by atoms with Crippen molar-refractivity contribution < 1.29 is 33.5 Å². The van der Waals surface area contributed by atoms with Crippen LogP contribution in [0.1, 0.15) is 81.6 Å². The summed E-state index contributed by atoms with van der Waals surface area (Å²) < 4.78 is 5.41. The summed E-state index contributed by atoms with van der Waals surface area (Å²) in [5, 5.41) is 6.94. The zero-order valence-electron chi connectivity index (χ0n) is 26.9. The van der Waals surface area contributed by atoms with Crippen molar-refractivity contribution in [1.82, 2.24) is 20.9 Å². The summed E-state index contributed by atoms with van der Waals surface area (Å²) in [6.07, 6.45) is 2.35. The number of nitrogens with zero attached hydrogens (tertiary/aromatic N) is 1. The molecule has 1 heterocycles. The minimum absolute atomic E-state index is 0.0581. The van der Waals surface area contributed by atoms with Gasteiger partial charge in [-0.15, -0.1) is 11.8 Å². The van der Waals surface area contributed by atoms with Gasteiger partial charge in [-0.05, 0) is 74.4 Å². The predicted molar refractivity (Wildman–Crippen MR) is 162 cm³/mol. The smallest absolute Gasteiger partial charge is 0.329 e. The van der Waals surface area contributed by atoms with E-state index < -0.39 is 70.0 Å². The quantitative estimate of drug-likeness (QED) is 0.145. The number of thioether (sulfide) groups is 1. The van der Waals surface area contributed by atoms with Gasteiger partial charge in [0, 0.05) is 6.54 Å². The average Bonchev–Trinajstić information content (AvgIpc) is 3.73. The number of primary amides is 1. The summed E-state index contributed by atoms with van der Waals surface area (Å²) in [6, 6.07) is -3.55. The van der Waals surface area contributed by atoms with Gasteiger partial charge in [-0.1, -0.05) is 41.5 Å². The van der Waals surface area contributed by atoms with Crippen molar-refractivity contribution in [2.75, 3.05) is 12.3 Å². The summed E-state index contributed by atoms with van der Waals surface area (Å²) in [5.41, 5.74) is 3.59. The van der Waals surface area contributed by atoms with Crippen molar-refractivity contribution in [1.29, 1.82) is 0 Å². The molecule has 0 aromatic carbocycles. The molecule has 0 spiro atoms. The molecule has 0 aromatic heterocycles. The molecule has 43 heavy (non-hydrogen) atoms. The Morgan fingerprint density at radius 2 is 1.60 bits per heavy atom. The molecule has 3 fully saturated rings. The average molecular weight is 624 g/mol. The van der Waals surface area contributed by atoms with Crippen LogP contribution < -0.4 is 21.7 Å². The normalized spacial score (nSPS) is 24.6. The van der Waals surface area contributed by atoms with Crippen LogP contribution in [0.3, 0.4) is 0 Å². The van der Waals surface area contributed by atoms with Crippen LogP contribution in [0.4, 0.5) is 4.79 Å². The molecule has 1 saturated heterocycles. The topological polar surface area (TPSA) is 177 Å². The Balaban J connectivity index is 1.79. The molecule has 1 unspecified atom stereocenters. The van der Waals surface area contributed by atoms with E-state index in [9.17, 15) is 28.8 Å². The van der Waals surface area contributed by atoms with Gasteiger partial charge in [0.15, 0.2) is 0 Å². The maximum Gasteiger partial charge on any atom is 0.329 e. The van der Waals surface area contributed by atoms with Crippen LogP contribution in [0.2, 0.25) is 0 Å². The fourth-order valence-corrected chi connectivity index (χ4v) is 6.97. The number of ketones is 1. The second kappa shape index (κ2) is 12.6. The van der Waals surface area contributed by atoms with E-state index in [-0.39, 0.29) is 23.7 Å². The van der Waals surface area contributed by atoms with E-state index in [1.54, 1.807) is 48.5 Å². The molecule has 6 atom stereocenters. The molecule has 242 valence electrons. The van der Waals surface area contributed by atoms with Crippen molar-refractivity contribution in [3.8, 4) is 0 Å². The van der Waals surface area contributed by atoms with Crippen LogP contribution in [-0.4, -0.2) is 81.8 Å². The van der Waals surface area contributed by atoms with E-state index in [0.29, 0.717) is 18.2 Å². The number of carbonyl (C=O) groups is 6. The monoisotopic (exact) mass is 623 g/mol. The fourth-order valence-electron chi connectivity index (χ4n) is 5.70. The molecule has 0 bridgehead atoms. The summed E-state index contributed by atoms with van der Waals surface area (Å²) in [6.45, 7) is 16.7. The number of Topliss-reactive ketones (excluding diaryl/α,β-unsaturated/α-hetero) is 1. The molecule has 1 aliphatic heterocycles. The lowest BCUT2D eigenvalue weighted by Gasteiger charge is -2.38. The van der Waals surface area contributed by atoms with Gasteiger partial charge in [-0.3, -0.25) is 19.2 Å². The van der Waals surface area contributed by atoms with Crippen LogP contribution in [-0.2, 0) is 28.7 Å². The van der Waals surface area contributed by atoms with E-state index in [1.807, 2.05) is 13.8 Å². The number of esters is 1. The third kappa shape index (κ3) is 8.42. The standard InChI is InChI=1S/C30H49N5O7S/c1-10-17(26(40)42-29(5,6)7)32-27(41)33-21(28(2,3)4)25(39)35-13-16-18(30(16,8)9)19(35)23(38)34-24(20(36)22(31)37)43-14-15-11-12-15/h15-19,21,24H,10-14H2,1-9H3,(H2,31,37)(H,34,38)(H2,32,33,41)/t16-,17-,18-,19-,21+,24?/m0/s1. The number of nitrogens with two attached hydrogens (primary N) is 1. The highest BCUT2D eigenvalue weighted by Gasteiger charge is 2.70. The number of nitrogens with one attached hydrogen (secondary N) is 3. The van der Waals surface area contributed by atoms with Crippen LogP contribution in [0.15, 0.2) is 0 Å². The molecule has 5 amide bonds. The minimum Gasteiger partial charge on any atom is -0.458 e. The van der Waals surface area contributed by atoms with Crippen LogP contribution >= 0.6 is 11.8 Å². The molecule has 0 aromatic rings. The Morgan fingerprint density at radius 3 is 2.09 bits per heavy atom. The Morgan fingerprint density at radius 1 is 1.00 bits per heavy atom. The molecule has 13 heteroatoms. The molecule has 3 aliphatic rings. The lowest BCUT2D eigenvalue weighted by molar-refractivity contribution is -0.157. The van der Waals surface area contributed by atoms with Gasteiger partial charge >= 0.3 is 12.0 Å². The number of urea groups is 1. The molecular weight excluding hydrogens is 574 g/mol. The lowest BCUT2D eigenvalue weighted by Crippen LogP contribution is -2.62. The van der Waals surface area contributed by atoms with E-state index in [1.165, 1.54) is 16.7 Å². The molecule has 2 aliphatic carbocycles. The van der Waals surface area contributed by atoms with Crippen molar-refractivity contribution in [3.05, 3.63) is 0 Å². The number of ether oxygens (including phenoxy) is 1. The van der Waals surface area contributed by atoms with Gasteiger partial charge < -0.3 is 31.3 Å². The maximum atomic E-state index is 14.1. The van der Waals surface area contributed by atoms with Crippen molar-refractivity contribution in [2.45, 2.75) is 111 Å². The first kappa shape index (κ1) is 34.7. The van der Waals surface area contributed by atoms with Gasteiger partial charge in [0.1, 0.15) is 29.1 Å². The fraction of sp³-hybridized carbons (Fsp3) is 0.800. The van der Waals surface area contributed by atoms with Gasteiger partial charge in [0.05, 0.1) is 0 Å². The zero-order chi connectivity index (χ0) is 32.7. The van der Waals surface area contributed by atoms with Gasteiger partial charge in [0.2, 0.25) is 11.8 Å². The van der Waals surface area contributed by atoms with E-state index in [2.05, 4.69) is 16.0 Å². The number of piperidine rings is 1. The first-order valence-corrected chi connectivity index (χ1v) is 16.1. The van der Waals surface area contributed by atoms with Gasteiger partial charge in [-0.25, -0.2) is 9.59 Å². The van der Waals surface area contributed by atoms with Crippen molar-refractivity contribution in [3.63, 3.8) is 0 Å². The van der Waals surface area contributed by atoms with Crippen LogP contribution in [0, 0.1) is 28.6 Å². The van der Waals surface area contributed by atoms with Gasteiger partial charge in [0.25, 0.3) is 11.7 Å². The largest absolute Gasteiger partial charge is 0.458 e. The van der Waals surface area contributed by atoms with Gasteiger partial charge in [-0.2, -0.15) is 0 Å². The second-order valence-corrected chi connectivity index (χ2v) is 15.8. The van der Waals surface area contributed by atoms with Crippen LogP contribution in [0.5, 0.6) is 0 Å². The molecule has 3 rings (SSSR count). The Labute approximate surface area is 258 Å². The highest BCUT2D eigenvalue weighted by atomic mass is 32.2. The van der Waals surface area contributed by atoms with Crippen molar-refractivity contribution in [2.24, 2.45) is 34.3 Å². The maximum absolute atomic E-state index is 14.1. The molecular formula is C30H49N5O7S. The van der Waals surface area contributed by atoms with E-state index >= 15 is 0 Å². The number of rotatable bonds is 12. The third-order valence-electron chi connectivity index (χ3n) is 8.50. The highest BCUT2D eigenvalue weighted by molar-refractivity contribution is 8.00. The predicted octanol–water partition coefficient (Wildman–Crippen LogP) is 1.94. The molecule has 0 radical (unpaired) electrons.